The van der Waals surface area contributed by atoms with Gasteiger partial charge in [0.1, 0.15) is 24.0 Å². The number of carbonyl (C=O) groups excluding carboxylic acids is 1. The number of ether oxygens (including phenoxy) is 1. The van der Waals surface area contributed by atoms with Crippen LogP contribution in [-0.4, -0.2) is 36.0 Å². The number of nitrogens with zero attached hydrogens (tertiary/aromatic N) is 2. The maximum absolute atomic E-state index is 12.0. The predicted octanol–water partition coefficient (Wildman–Crippen LogP) is 4.33. The van der Waals surface area contributed by atoms with E-state index in [2.05, 4.69) is 38.5 Å². The molecule has 0 atom stereocenters. The predicted molar refractivity (Wildman–Crippen MR) is 117 cm³/mol. The SMILES string of the molecule is CN(C)C(=O)/C(C#N)=C\c1cc(Br)c(OCc2ccc(C(=O)O)cc2)c(I)c1. The molecule has 0 saturated heterocycles. The van der Waals surface area contributed by atoms with E-state index in [9.17, 15) is 14.9 Å². The average Bonchev–Trinajstić information content (AvgIpc) is 2.65. The monoisotopic (exact) mass is 554 g/mol. The highest BCUT2D eigenvalue weighted by molar-refractivity contribution is 14.1. The molecule has 1 N–H and O–H groups in total. The Balaban J connectivity index is 2.20. The number of rotatable bonds is 6. The zero-order valence-corrected chi connectivity index (χ0v) is 18.8. The fraction of sp³-hybridized carbons (Fsp3) is 0.150. The Kier molecular flexibility index (Phi) is 7.60. The van der Waals surface area contributed by atoms with Crippen molar-refractivity contribution in [3.8, 4) is 11.8 Å². The number of likely N-dealkylation sites (N-methyl/N-ethyl adjacent to an activating group) is 1. The van der Waals surface area contributed by atoms with Gasteiger partial charge in [-0.1, -0.05) is 12.1 Å². The third-order valence-corrected chi connectivity index (χ3v) is 5.06. The minimum atomic E-state index is -0.974. The van der Waals surface area contributed by atoms with Gasteiger partial charge in [0.15, 0.2) is 0 Å². The highest BCUT2D eigenvalue weighted by Crippen LogP contribution is 2.33. The van der Waals surface area contributed by atoms with Gasteiger partial charge >= 0.3 is 5.97 Å². The summed E-state index contributed by atoms with van der Waals surface area (Å²) in [7, 11) is 3.18. The molecule has 2 rings (SSSR count). The van der Waals surface area contributed by atoms with Gasteiger partial charge in [-0.25, -0.2) is 4.79 Å². The van der Waals surface area contributed by atoms with Crippen LogP contribution in [0.15, 0.2) is 46.4 Å². The van der Waals surface area contributed by atoms with Crippen molar-refractivity contribution in [1.29, 1.82) is 5.26 Å². The molecule has 1 amide bonds. The highest BCUT2D eigenvalue weighted by atomic mass is 127. The third kappa shape index (κ3) is 5.56. The Bertz CT molecular complexity index is 956. The van der Waals surface area contributed by atoms with E-state index in [0.29, 0.717) is 15.8 Å². The molecule has 0 fully saturated rings. The van der Waals surface area contributed by atoms with E-state index in [-0.39, 0.29) is 23.7 Å². The molecule has 6 nitrogen and oxygen atoms in total. The summed E-state index contributed by atoms with van der Waals surface area (Å²) >= 11 is 5.58. The molecule has 0 radical (unpaired) electrons. The number of hydrogen-bond acceptors (Lipinski definition) is 4. The fourth-order valence-corrected chi connectivity index (χ4v) is 4.02. The molecule has 0 aliphatic rings. The molecule has 144 valence electrons. The lowest BCUT2D eigenvalue weighted by Crippen LogP contribution is -2.22. The molecule has 28 heavy (non-hydrogen) atoms. The Morgan fingerprint density at radius 1 is 1.29 bits per heavy atom. The first-order valence-electron chi connectivity index (χ1n) is 8.00. The van der Waals surface area contributed by atoms with Crippen molar-refractivity contribution in [2.45, 2.75) is 6.61 Å². The second-order valence-corrected chi connectivity index (χ2v) is 7.99. The van der Waals surface area contributed by atoms with E-state index in [1.807, 2.05) is 12.1 Å². The number of halogens is 2. The molecule has 0 aromatic heterocycles. The van der Waals surface area contributed by atoms with Crippen molar-refractivity contribution < 1.29 is 19.4 Å². The van der Waals surface area contributed by atoms with Crippen LogP contribution in [0.5, 0.6) is 5.75 Å². The van der Waals surface area contributed by atoms with Gasteiger partial charge in [0.25, 0.3) is 5.91 Å². The smallest absolute Gasteiger partial charge is 0.335 e. The van der Waals surface area contributed by atoms with E-state index < -0.39 is 5.97 Å². The van der Waals surface area contributed by atoms with Crippen molar-refractivity contribution in [1.82, 2.24) is 4.90 Å². The summed E-state index contributed by atoms with van der Waals surface area (Å²) in [5.41, 5.74) is 1.79. The quantitative estimate of drug-likeness (QED) is 0.326. The average molecular weight is 555 g/mol. The van der Waals surface area contributed by atoms with Crippen LogP contribution in [0.2, 0.25) is 0 Å². The number of nitriles is 1. The number of hydrogen-bond donors (Lipinski definition) is 1. The van der Waals surface area contributed by atoms with Crippen LogP contribution in [0.4, 0.5) is 0 Å². The topological polar surface area (TPSA) is 90.6 Å². The first kappa shape index (κ1) is 21.9. The van der Waals surface area contributed by atoms with Gasteiger partial charge in [-0.05, 0) is 80.0 Å². The van der Waals surface area contributed by atoms with E-state index in [1.54, 1.807) is 32.3 Å². The first-order valence-corrected chi connectivity index (χ1v) is 9.87. The van der Waals surface area contributed by atoms with Crippen LogP contribution >= 0.6 is 38.5 Å². The number of carbonyl (C=O) groups is 2. The zero-order chi connectivity index (χ0) is 20.8. The number of aromatic carboxylic acids is 1. The second-order valence-electron chi connectivity index (χ2n) is 5.97. The molecule has 0 aliphatic carbocycles. The van der Waals surface area contributed by atoms with E-state index in [4.69, 9.17) is 9.84 Å². The number of carboxylic acids is 1. The number of carboxylic acid groups (broad SMARTS) is 1. The summed E-state index contributed by atoms with van der Waals surface area (Å²) in [6.45, 7) is 0.270. The third-order valence-electron chi connectivity index (χ3n) is 3.67. The Morgan fingerprint density at radius 3 is 2.43 bits per heavy atom. The Morgan fingerprint density at radius 2 is 1.93 bits per heavy atom. The molecule has 0 spiro atoms. The lowest BCUT2D eigenvalue weighted by Gasteiger charge is -2.12. The van der Waals surface area contributed by atoms with E-state index in [0.717, 1.165) is 9.13 Å². The van der Waals surface area contributed by atoms with Crippen LogP contribution in [-0.2, 0) is 11.4 Å². The van der Waals surface area contributed by atoms with Crippen LogP contribution in [0.25, 0.3) is 6.08 Å². The largest absolute Gasteiger partial charge is 0.487 e. The minimum absolute atomic E-state index is 0.0416. The van der Waals surface area contributed by atoms with Crippen LogP contribution in [0.3, 0.4) is 0 Å². The Hall–Kier alpha value is -2.38. The van der Waals surface area contributed by atoms with Gasteiger partial charge in [-0.3, -0.25) is 4.79 Å². The summed E-state index contributed by atoms with van der Waals surface area (Å²) in [5, 5.41) is 18.2. The van der Waals surface area contributed by atoms with Crippen molar-refractivity contribution in [2.24, 2.45) is 0 Å². The molecule has 2 aromatic carbocycles. The Labute approximate surface area is 184 Å². The van der Waals surface area contributed by atoms with Crippen molar-refractivity contribution in [3.63, 3.8) is 0 Å². The maximum Gasteiger partial charge on any atom is 0.335 e. The molecule has 0 aliphatic heterocycles. The van der Waals surface area contributed by atoms with E-state index in [1.165, 1.54) is 23.1 Å². The molecule has 0 bridgehead atoms. The van der Waals surface area contributed by atoms with Gasteiger partial charge in [0.05, 0.1) is 13.6 Å². The van der Waals surface area contributed by atoms with Crippen LogP contribution < -0.4 is 4.74 Å². The summed E-state index contributed by atoms with van der Waals surface area (Å²) in [6, 6.07) is 12.0. The van der Waals surface area contributed by atoms with Gasteiger partial charge in [-0.15, -0.1) is 0 Å². The minimum Gasteiger partial charge on any atom is -0.487 e. The number of benzene rings is 2. The maximum atomic E-state index is 12.0. The highest BCUT2D eigenvalue weighted by Gasteiger charge is 2.13. The molecular formula is C20H16BrIN2O4. The lowest BCUT2D eigenvalue weighted by molar-refractivity contribution is -0.124. The van der Waals surface area contributed by atoms with Crippen molar-refractivity contribution >= 4 is 56.5 Å². The van der Waals surface area contributed by atoms with Gasteiger partial charge < -0.3 is 14.7 Å². The molecular weight excluding hydrogens is 539 g/mol. The molecule has 0 heterocycles. The normalized spacial score (nSPS) is 10.9. The lowest BCUT2D eigenvalue weighted by atomic mass is 10.1. The standard InChI is InChI=1S/C20H16BrIN2O4/c1-24(2)19(25)15(10-23)7-13-8-16(21)18(17(22)9-13)28-11-12-3-5-14(6-4-12)20(26)27/h3-9H,11H2,1-2H3,(H,26,27)/b15-7-. The van der Waals surface area contributed by atoms with Crippen molar-refractivity contribution in [3.05, 3.63) is 66.7 Å². The second kappa shape index (κ2) is 9.71. The summed E-state index contributed by atoms with van der Waals surface area (Å²) in [6.07, 6.45) is 1.53. The zero-order valence-electron chi connectivity index (χ0n) is 15.1. The molecule has 0 unspecified atom stereocenters. The molecule has 8 heteroatoms. The van der Waals surface area contributed by atoms with Crippen molar-refractivity contribution in [2.75, 3.05) is 14.1 Å². The van der Waals surface area contributed by atoms with Crippen LogP contribution in [0.1, 0.15) is 21.5 Å². The molecule has 2 aromatic rings. The fourth-order valence-electron chi connectivity index (χ4n) is 2.25. The van der Waals surface area contributed by atoms with Gasteiger partial charge in [0.2, 0.25) is 0 Å². The summed E-state index contributed by atoms with van der Waals surface area (Å²) < 4.78 is 7.35. The van der Waals surface area contributed by atoms with Gasteiger partial charge in [0, 0.05) is 14.1 Å². The summed E-state index contributed by atoms with van der Waals surface area (Å²) in [4.78, 5) is 24.3. The van der Waals surface area contributed by atoms with Gasteiger partial charge in [-0.2, -0.15) is 5.26 Å². The first-order chi connectivity index (χ1) is 13.2. The number of amides is 1. The molecule has 0 saturated carbocycles. The summed E-state index contributed by atoms with van der Waals surface area (Å²) in [5.74, 6) is -0.714. The van der Waals surface area contributed by atoms with E-state index >= 15 is 0 Å². The van der Waals surface area contributed by atoms with Crippen LogP contribution in [0, 0.1) is 14.9 Å².